The number of thiazole rings is 1. The Hall–Kier alpha value is -2.58. The smallest absolute Gasteiger partial charge is 0.271 e. The molecular weight excluding hydrogens is 372 g/mol. The lowest BCUT2D eigenvalue weighted by Gasteiger charge is -2.08. The van der Waals surface area contributed by atoms with E-state index < -0.39 is 0 Å². The largest absolute Gasteiger partial charge is 0.495 e. The molecule has 3 rings (SSSR count). The molecule has 0 radical (unpaired) electrons. The summed E-state index contributed by atoms with van der Waals surface area (Å²) in [5.41, 5.74) is 1.69. The minimum atomic E-state index is -0.232. The van der Waals surface area contributed by atoms with E-state index in [1.165, 1.54) is 22.7 Å². The molecule has 0 saturated carbocycles. The Morgan fingerprint density at radius 1 is 1.04 bits per heavy atom. The van der Waals surface area contributed by atoms with Crippen LogP contribution in [0.5, 0.6) is 17.2 Å². The first-order valence-corrected chi connectivity index (χ1v) is 9.39. The summed E-state index contributed by atoms with van der Waals surface area (Å²) in [5.74, 6) is 1.61. The van der Waals surface area contributed by atoms with Crippen molar-refractivity contribution < 1.29 is 19.0 Å². The number of thiophene rings is 1. The van der Waals surface area contributed by atoms with Crippen molar-refractivity contribution in [2.45, 2.75) is 6.92 Å². The van der Waals surface area contributed by atoms with Gasteiger partial charge in [0.15, 0.2) is 16.6 Å². The lowest BCUT2D eigenvalue weighted by atomic mass is 10.1. The van der Waals surface area contributed by atoms with Crippen LogP contribution in [0.25, 0.3) is 11.3 Å². The van der Waals surface area contributed by atoms with Gasteiger partial charge in [0.25, 0.3) is 5.91 Å². The molecule has 0 fully saturated rings. The number of hydrogen-bond acceptors (Lipinski definition) is 7. The first kappa shape index (κ1) is 18.2. The molecule has 0 bridgehead atoms. The van der Waals surface area contributed by atoms with E-state index in [2.05, 4.69) is 10.3 Å². The molecule has 3 aromatic rings. The van der Waals surface area contributed by atoms with Gasteiger partial charge in [0.1, 0.15) is 10.6 Å². The number of nitrogens with one attached hydrogen (secondary N) is 1. The van der Waals surface area contributed by atoms with Crippen molar-refractivity contribution in [2.75, 3.05) is 26.6 Å². The molecule has 0 aliphatic carbocycles. The Balaban J connectivity index is 1.87. The summed E-state index contributed by atoms with van der Waals surface area (Å²) >= 11 is 2.75. The summed E-state index contributed by atoms with van der Waals surface area (Å²) < 4.78 is 15.8. The summed E-state index contributed by atoms with van der Waals surface area (Å²) in [7, 11) is 4.73. The number of methoxy groups -OCH3 is 3. The zero-order valence-electron chi connectivity index (χ0n) is 14.8. The maximum Gasteiger partial charge on any atom is 0.271 e. The molecule has 1 aromatic carbocycles. The van der Waals surface area contributed by atoms with E-state index in [0.717, 1.165) is 16.1 Å². The monoisotopic (exact) mass is 390 g/mol. The van der Waals surface area contributed by atoms with E-state index in [-0.39, 0.29) is 5.91 Å². The van der Waals surface area contributed by atoms with E-state index in [1.807, 2.05) is 30.5 Å². The number of amides is 1. The first-order chi connectivity index (χ1) is 12.6. The zero-order chi connectivity index (χ0) is 18.7. The molecule has 6 nitrogen and oxygen atoms in total. The van der Waals surface area contributed by atoms with Crippen LogP contribution in [0.4, 0.5) is 5.13 Å². The second-order valence-corrected chi connectivity index (χ2v) is 7.39. The second-order valence-electron chi connectivity index (χ2n) is 5.27. The van der Waals surface area contributed by atoms with Gasteiger partial charge in [0.2, 0.25) is 0 Å². The fourth-order valence-corrected chi connectivity index (χ4v) is 4.06. The number of benzene rings is 1. The summed E-state index contributed by atoms with van der Waals surface area (Å²) in [5, 5.41) is 5.19. The highest BCUT2D eigenvalue weighted by Gasteiger charge is 2.18. The van der Waals surface area contributed by atoms with Crippen molar-refractivity contribution >= 4 is 33.7 Å². The van der Waals surface area contributed by atoms with Gasteiger partial charge in [-0.1, -0.05) is 0 Å². The van der Waals surface area contributed by atoms with Crippen LogP contribution in [0.15, 0.2) is 29.6 Å². The van der Waals surface area contributed by atoms with Crippen LogP contribution >= 0.6 is 22.7 Å². The zero-order valence-corrected chi connectivity index (χ0v) is 16.4. The van der Waals surface area contributed by atoms with Gasteiger partial charge in [-0.3, -0.25) is 10.1 Å². The van der Waals surface area contributed by atoms with E-state index in [9.17, 15) is 4.79 Å². The van der Waals surface area contributed by atoms with Crippen molar-refractivity contribution in [3.8, 4) is 28.5 Å². The maximum absolute atomic E-state index is 12.4. The third-order valence-electron chi connectivity index (χ3n) is 3.73. The van der Waals surface area contributed by atoms with Gasteiger partial charge in [0, 0.05) is 10.4 Å². The number of aryl methyl sites for hydroxylation is 1. The molecule has 0 aliphatic heterocycles. The molecular formula is C18H18N2O4S2. The molecule has 1 amide bonds. The molecule has 0 unspecified atom stereocenters. The highest BCUT2D eigenvalue weighted by atomic mass is 32.1. The van der Waals surface area contributed by atoms with Crippen molar-refractivity contribution in [1.82, 2.24) is 4.98 Å². The average Bonchev–Trinajstić information content (AvgIpc) is 3.27. The van der Waals surface area contributed by atoms with Gasteiger partial charge in [-0.15, -0.1) is 22.7 Å². The minimum Gasteiger partial charge on any atom is -0.495 e. The fourth-order valence-electron chi connectivity index (χ4n) is 2.48. The molecule has 0 spiro atoms. The number of aromatic nitrogens is 1. The number of nitrogens with zero attached hydrogens (tertiary/aromatic N) is 1. The quantitative estimate of drug-likeness (QED) is 0.673. The molecule has 0 aliphatic rings. The molecule has 0 atom stereocenters. The Morgan fingerprint density at radius 2 is 1.77 bits per heavy atom. The molecule has 136 valence electrons. The molecule has 1 N–H and O–H groups in total. The highest BCUT2D eigenvalue weighted by Crippen LogP contribution is 2.36. The third-order valence-corrected chi connectivity index (χ3v) is 5.51. The minimum absolute atomic E-state index is 0.232. The Bertz CT molecular complexity index is 933. The maximum atomic E-state index is 12.4. The second kappa shape index (κ2) is 7.76. The number of hydrogen-bond donors (Lipinski definition) is 1. The third kappa shape index (κ3) is 3.51. The standard InChI is InChI=1S/C18H18N2O4S2/c1-10-15(11-5-6-12(22-2)14(9-11)24-4)19-18(26-10)20-17(21)16-13(23-3)7-8-25-16/h5-9H,1-4H3,(H,19,20,21). The van der Waals surface area contributed by atoms with Crippen LogP contribution in [0.3, 0.4) is 0 Å². The predicted molar refractivity (Wildman–Crippen MR) is 104 cm³/mol. The lowest BCUT2D eigenvalue weighted by Crippen LogP contribution is -2.10. The van der Waals surface area contributed by atoms with Crippen LogP contribution < -0.4 is 19.5 Å². The van der Waals surface area contributed by atoms with Gasteiger partial charge in [-0.2, -0.15) is 0 Å². The van der Waals surface area contributed by atoms with Crippen molar-refractivity contribution in [3.63, 3.8) is 0 Å². The van der Waals surface area contributed by atoms with E-state index in [1.54, 1.807) is 27.4 Å². The van der Waals surface area contributed by atoms with Gasteiger partial charge in [-0.05, 0) is 36.6 Å². The number of carbonyl (C=O) groups is 1. The van der Waals surface area contributed by atoms with E-state index in [4.69, 9.17) is 14.2 Å². The van der Waals surface area contributed by atoms with Crippen LogP contribution in [0.2, 0.25) is 0 Å². The van der Waals surface area contributed by atoms with Crippen molar-refractivity contribution in [2.24, 2.45) is 0 Å². The fraction of sp³-hybridized carbons (Fsp3) is 0.222. The highest BCUT2D eigenvalue weighted by molar-refractivity contribution is 7.16. The first-order valence-electron chi connectivity index (χ1n) is 7.70. The number of carbonyl (C=O) groups excluding carboxylic acids is 1. The summed E-state index contributed by atoms with van der Waals surface area (Å²) in [6.07, 6.45) is 0. The van der Waals surface area contributed by atoms with E-state index in [0.29, 0.717) is 27.3 Å². The Kier molecular flexibility index (Phi) is 5.43. The Labute approximate surface area is 159 Å². The number of rotatable bonds is 6. The molecule has 2 aromatic heterocycles. The van der Waals surface area contributed by atoms with Crippen LogP contribution in [-0.2, 0) is 0 Å². The Morgan fingerprint density at radius 3 is 2.46 bits per heavy atom. The van der Waals surface area contributed by atoms with Crippen LogP contribution in [0.1, 0.15) is 14.5 Å². The molecule has 26 heavy (non-hydrogen) atoms. The number of ether oxygens (including phenoxy) is 3. The van der Waals surface area contributed by atoms with Gasteiger partial charge >= 0.3 is 0 Å². The summed E-state index contributed by atoms with van der Waals surface area (Å²) in [4.78, 5) is 18.5. The summed E-state index contributed by atoms with van der Waals surface area (Å²) in [6, 6.07) is 7.38. The van der Waals surface area contributed by atoms with E-state index >= 15 is 0 Å². The van der Waals surface area contributed by atoms with Gasteiger partial charge < -0.3 is 14.2 Å². The normalized spacial score (nSPS) is 10.5. The predicted octanol–water partition coefficient (Wildman–Crippen LogP) is 4.46. The average molecular weight is 390 g/mol. The van der Waals surface area contributed by atoms with Crippen LogP contribution in [0, 0.1) is 6.92 Å². The number of anilines is 1. The molecule has 2 heterocycles. The lowest BCUT2D eigenvalue weighted by molar-refractivity contribution is 0.102. The van der Waals surface area contributed by atoms with Crippen LogP contribution in [-0.4, -0.2) is 32.2 Å². The summed E-state index contributed by atoms with van der Waals surface area (Å²) in [6.45, 7) is 1.96. The van der Waals surface area contributed by atoms with Crippen molar-refractivity contribution in [3.05, 3.63) is 39.4 Å². The molecule has 8 heteroatoms. The van der Waals surface area contributed by atoms with Gasteiger partial charge in [-0.25, -0.2) is 4.98 Å². The molecule has 0 saturated heterocycles. The SMILES string of the molecule is COc1ccc(-c2nc(NC(=O)c3sccc3OC)sc2C)cc1OC. The van der Waals surface area contributed by atoms with Crippen molar-refractivity contribution in [1.29, 1.82) is 0 Å². The van der Waals surface area contributed by atoms with Gasteiger partial charge in [0.05, 0.1) is 27.0 Å². The topological polar surface area (TPSA) is 69.7 Å².